The van der Waals surface area contributed by atoms with Gasteiger partial charge in [0.05, 0.1) is 0 Å². The number of pyridine rings is 1. The number of aromatic nitrogens is 1. The van der Waals surface area contributed by atoms with Crippen LogP contribution in [0.3, 0.4) is 0 Å². The van der Waals surface area contributed by atoms with Crippen molar-refractivity contribution in [2.45, 2.75) is 13.5 Å². The third kappa shape index (κ3) is 4.24. The number of benzene rings is 3. The number of nitrogens with one attached hydrogen (secondary N) is 2. The second-order valence-electron chi connectivity index (χ2n) is 6.87. The van der Waals surface area contributed by atoms with E-state index in [9.17, 15) is 9.18 Å². The predicted molar refractivity (Wildman–Crippen MR) is 114 cm³/mol. The number of nitrogens with zero attached hydrogens (tertiary/aromatic N) is 1. The zero-order chi connectivity index (χ0) is 20.2. The highest BCUT2D eigenvalue weighted by Gasteiger charge is 2.08. The highest BCUT2D eigenvalue weighted by atomic mass is 19.1. The van der Waals surface area contributed by atoms with Crippen LogP contribution >= 0.6 is 0 Å². The van der Waals surface area contributed by atoms with E-state index >= 15 is 0 Å². The summed E-state index contributed by atoms with van der Waals surface area (Å²) in [5.41, 5.74) is 4.30. The fraction of sp³-hybridized carbons (Fsp3) is 0.0833. The molecule has 4 nitrogen and oxygen atoms in total. The van der Waals surface area contributed by atoms with E-state index in [-0.39, 0.29) is 18.4 Å². The summed E-state index contributed by atoms with van der Waals surface area (Å²) in [6.07, 6.45) is 3.62. The van der Waals surface area contributed by atoms with Gasteiger partial charge in [0.15, 0.2) is 0 Å². The van der Waals surface area contributed by atoms with Crippen LogP contribution in [0.4, 0.5) is 14.9 Å². The van der Waals surface area contributed by atoms with Gasteiger partial charge >= 0.3 is 6.03 Å². The van der Waals surface area contributed by atoms with E-state index in [1.165, 1.54) is 6.07 Å². The number of anilines is 1. The zero-order valence-corrected chi connectivity index (χ0v) is 15.9. The van der Waals surface area contributed by atoms with Crippen molar-refractivity contribution in [3.8, 4) is 11.1 Å². The maximum Gasteiger partial charge on any atom is 0.319 e. The molecule has 1 heterocycles. The summed E-state index contributed by atoms with van der Waals surface area (Å²) in [6.45, 7) is 2.15. The molecule has 2 amide bonds. The SMILES string of the molecule is Cc1ccc(NC(=O)NCc2ccccc2F)cc1-c1ccc2ccncc2c1. The van der Waals surface area contributed by atoms with Crippen LogP contribution in [-0.2, 0) is 6.54 Å². The lowest BCUT2D eigenvalue weighted by Gasteiger charge is -2.12. The number of fused-ring (bicyclic) bond motifs is 1. The molecule has 4 rings (SSSR count). The molecular weight excluding hydrogens is 365 g/mol. The molecule has 0 unspecified atom stereocenters. The molecule has 1 aromatic heterocycles. The van der Waals surface area contributed by atoms with E-state index in [1.54, 1.807) is 24.4 Å². The molecule has 0 atom stereocenters. The number of amides is 2. The molecular formula is C24H20FN3O. The van der Waals surface area contributed by atoms with Crippen molar-refractivity contribution in [3.63, 3.8) is 0 Å². The van der Waals surface area contributed by atoms with Crippen molar-refractivity contribution in [2.75, 3.05) is 5.32 Å². The van der Waals surface area contributed by atoms with Crippen LogP contribution in [0.1, 0.15) is 11.1 Å². The smallest absolute Gasteiger partial charge is 0.319 e. The molecule has 0 saturated carbocycles. The molecule has 3 aromatic carbocycles. The maximum atomic E-state index is 13.7. The first-order chi connectivity index (χ1) is 14.1. The number of hydrogen-bond acceptors (Lipinski definition) is 2. The molecule has 0 aliphatic rings. The summed E-state index contributed by atoms with van der Waals surface area (Å²) < 4.78 is 13.7. The molecule has 29 heavy (non-hydrogen) atoms. The second-order valence-corrected chi connectivity index (χ2v) is 6.87. The van der Waals surface area contributed by atoms with Gasteiger partial charge in [-0.2, -0.15) is 0 Å². The van der Waals surface area contributed by atoms with Gasteiger partial charge in [0.1, 0.15) is 5.82 Å². The van der Waals surface area contributed by atoms with Gasteiger partial charge < -0.3 is 10.6 Å². The normalized spacial score (nSPS) is 10.7. The molecule has 0 aliphatic heterocycles. The number of halogens is 1. The van der Waals surface area contributed by atoms with Crippen LogP contribution < -0.4 is 10.6 Å². The number of carbonyl (C=O) groups is 1. The number of aryl methyl sites for hydroxylation is 1. The molecule has 2 N–H and O–H groups in total. The topological polar surface area (TPSA) is 54.0 Å². The molecule has 0 bridgehead atoms. The molecule has 4 aromatic rings. The number of carbonyl (C=O) groups excluding carboxylic acids is 1. The number of rotatable bonds is 4. The Balaban J connectivity index is 1.51. The van der Waals surface area contributed by atoms with Crippen LogP contribution in [-0.4, -0.2) is 11.0 Å². The lowest BCUT2D eigenvalue weighted by Crippen LogP contribution is -2.28. The Kier molecular flexibility index (Phi) is 5.20. The van der Waals surface area contributed by atoms with E-state index in [2.05, 4.69) is 33.8 Å². The Hall–Kier alpha value is -3.73. The minimum atomic E-state index is -0.384. The van der Waals surface area contributed by atoms with Crippen molar-refractivity contribution >= 4 is 22.5 Å². The third-order valence-electron chi connectivity index (χ3n) is 4.84. The highest BCUT2D eigenvalue weighted by molar-refractivity contribution is 5.91. The van der Waals surface area contributed by atoms with E-state index in [0.717, 1.165) is 27.5 Å². The average molecular weight is 385 g/mol. The fourth-order valence-corrected chi connectivity index (χ4v) is 3.26. The van der Waals surface area contributed by atoms with Crippen molar-refractivity contribution in [1.29, 1.82) is 0 Å². The summed E-state index contributed by atoms with van der Waals surface area (Å²) in [5.74, 6) is -0.337. The zero-order valence-electron chi connectivity index (χ0n) is 15.9. The summed E-state index contributed by atoms with van der Waals surface area (Å²) in [4.78, 5) is 16.4. The minimum Gasteiger partial charge on any atom is -0.334 e. The molecule has 0 fully saturated rings. The van der Waals surface area contributed by atoms with Gasteiger partial charge in [0.2, 0.25) is 0 Å². The molecule has 0 aliphatic carbocycles. The highest BCUT2D eigenvalue weighted by Crippen LogP contribution is 2.29. The quantitative estimate of drug-likeness (QED) is 0.475. The molecule has 0 spiro atoms. The van der Waals surface area contributed by atoms with Gasteiger partial charge in [-0.3, -0.25) is 4.98 Å². The Bertz CT molecular complexity index is 1190. The van der Waals surface area contributed by atoms with Gasteiger partial charge in [0, 0.05) is 35.6 Å². The average Bonchev–Trinajstić information content (AvgIpc) is 2.74. The van der Waals surface area contributed by atoms with Gasteiger partial charge in [-0.15, -0.1) is 0 Å². The van der Waals surface area contributed by atoms with Crippen LogP contribution in [0, 0.1) is 12.7 Å². The fourth-order valence-electron chi connectivity index (χ4n) is 3.26. The van der Waals surface area contributed by atoms with Crippen molar-refractivity contribution < 1.29 is 9.18 Å². The van der Waals surface area contributed by atoms with Gasteiger partial charge in [-0.25, -0.2) is 9.18 Å². The predicted octanol–water partition coefficient (Wildman–Crippen LogP) is 5.67. The Morgan fingerprint density at radius 1 is 1.00 bits per heavy atom. The minimum absolute atomic E-state index is 0.120. The van der Waals surface area contributed by atoms with Gasteiger partial charge in [-0.1, -0.05) is 36.4 Å². The second kappa shape index (κ2) is 8.10. The number of hydrogen-bond donors (Lipinski definition) is 2. The Labute approximate surface area is 168 Å². The largest absolute Gasteiger partial charge is 0.334 e. The summed E-state index contributed by atoms with van der Waals surface area (Å²) in [5, 5.41) is 7.70. The van der Waals surface area contributed by atoms with Crippen LogP contribution in [0.5, 0.6) is 0 Å². The van der Waals surface area contributed by atoms with Crippen molar-refractivity contribution in [3.05, 3.63) is 96.1 Å². The van der Waals surface area contributed by atoms with E-state index < -0.39 is 0 Å². The van der Waals surface area contributed by atoms with E-state index in [0.29, 0.717) is 11.3 Å². The summed E-state index contributed by atoms with van der Waals surface area (Å²) >= 11 is 0. The summed E-state index contributed by atoms with van der Waals surface area (Å²) in [6, 6.07) is 19.9. The Morgan fingerprint density at radius 3 is 2.72 bits per heavy atom. The van der Waals surface area contributed by atoms with Crippen molar-refractivity contribution in [1.82, 2.24) is 10.3 Å². The maximum absolute atomic E-state index is 13.7. The first kappa shape index (κ1) is 18.6. The van der Waals surface area contributed by atoms with Crippen molar-refractivity contribution in [2.24, 2.45) is 0 Å². The van der Waals surface area contributed by atoms with Gasteiger partial charge in [-0.05, 0) is 59.3 Å². The first-order valence-electron chi connectivity index (χ1n) is 9.33. The lowest BCUT2D eigenvalue weighted by atomic mass is 9.98. The van der Waals surface area contributed by atoms with Crippen LogP contribution in [0.15, 0.2) is 79.1 Å². The van der Waals surface area contributed by atoms with E-state index in [4.69, 9.17) is 0 Å². The third-order valence-corrected chi connectivity index (χ3v) is 4.84. The van der Waals surface area contributed by atoms with E-state index in [1.807, 2.05) is 37.4 Å². The molecule has 0 saturated heterocycles. The molecule has 0 radical (unpaired) electrons. The number of urea groups is 1. The van der Waals surface area contributed by atoms with Crippen LogP contribution in [0.2, 0.25) is 0 Å². The monoisotopic (exact) mass is 385 g/mol. The molecule has 144 valence electrons. The Morgan fingerprint density at radius 2 is 1.86 bits per heavy atom. The van der Waals surface area contributed by atoms with Gasteiger partial charge in [0.25, 0.3) is 0 Å². The first-order valence-corrected chi connectivity index (χ1v) is 9.33. The standard InChI is InChI=1S/C24H20FN3O/c1-16-6-9-21(28-24(29)27-15-19-4-2-3-5-23(19)25)13-22(16)18-8-7-17-10-11-26-14-20(17)12-18/h2-14H,15H2,1H3,(H2,27,28,29). The van der Waals surface area contributed by atoms with Crippen LogP contribution in [0.25, 0.3) is 21.9 Å². The lowest BCUT2D eigenvalue weighted by molar-refractivity contribution is 0.251. The molecule has 5 heteroatoms. The summed E-state index contributed by atoms with van der Waals surface area (Å²) in [7, 11) is 0.